The highest BCUT2D eigenvalue weighted by atomic mass is 32.1. The van der Waals surface area contributed by atoms with Crippen LogP contribution in [0.1, 0.15) is 11.1 Å². The summed E-state index contributed by atoms with van der Waals surface area (Å²) in [5.41, 5.74) is 4.22. The van der Waals surface area contributed by atoms with Gasteiger partial charge in [0.2, 0.25) is 0 Å². The average Bonchev–Trinajstić information content (AvgIpc) is 2.34. The van der Waals surface area contributed by atoms with Crippen LogP contribution in [0.2, 0.25) is 0 Å². The molecule has 5 nitrogen and oxygen atoms in total. The Morgan fingerprint density at radius 3 is 2.63 bits per heavy atom. The normalized spacial score (nSPS) is 11.3. The van der Waals surface area contributed by atoms with Crippen LogP contribution in [0.3, 0.4) is 0 Å². The van der Waals surface area contributed by atoms with Crippen LogP contribution in [-0.4, -0.2) is 19.5 Å². The molecule has 0 atom stereocenters. The number of H-pyrrole nitrogens is 1. The standard InChI is InChI=1S/C13H12N4OS/c1-6-4-8-9(5-7(6)2)17(3)11-10(14-8)12(19)16-13(18)15-11/h4-5H,1-3H3,(H,16,18,19). The third kappa shape index (κ3) is 1.76. The molecule has 0 spiro atoms. The van der Waals surface area contributed by atoms with Gasteiger partial charge >= 0.3 is 5.69 Å². The van der Waals surface area contributed by atoms with Gasteiger partial charge in [-0.05, 0) is 37.1 Å². The van der Waals surface area contributed by atoms with Crippen LogP contribution >= 0.6 is 12.2 Å². The summed E-state index contributed by atoms with van der Waals surface area (Å²) in [5.74, 6) is 0.504. The molecule has 0 amide bonds. The molecule has 96 valence electrons. The van der Waals surface area contributed by atoms with Crippen molar-refractivity contribution in [2.45, 2.75) is 13.8 Å². The van der Waals surface area contributed by atoms with E-state index in [2.05, 4.69) is 15.0 Å². The molecule has 1 aromatic carbocycles. The largest absolute Gasteiger partial charge is 0.348 e. The van der Waals surface area contributed by atoms with Crippen molar-refractivity contribution in [3.05, 3.63) is 38.4 Å². The SMILES string of the molecule is Cc1cc2nc3c(=S)[nH]c(=O)nc-3n(C)c2cc1C. The van der Waals surface area contributed by atoms with Crippen molar-refractivity contribution in [1.29, 1.82) is 0 Å². The molecule has 0 aliphatic carbocycles. The lowest BCUT2D eigenvalue weighted by Crippen LogP contribution is -2.17. The van der Waals surface area contributed by atoms with E-state index < -0.39 is 5.69 Å². The molecule has 3 rings (SSSR count). The number of hydrogen-bond donors (Lipinski definition) is 1. The quantitative estimate of drug-likeness (QED) is 0.503. The van der Waals surface area contributed by atoms with Crippen LogP contribution in [0.25, 0.3) is 22.6 Å². The van der Waals surface area contributed by atoms with Gasteiger partial charge in [-0.15, -0.1) is 0 Å². The third-order valence-corrected chi connectivity index (χ3v) is 3.65. The highest BCUT2D eigenvalue weighted by molar-refractivity contribution is 7.71. The van der Waals surface area contributed by atoms with E-state index >= 15 is 0 Å². The summed E-state index contributed by atoms with van der Waals surface area (Å²) in [6.45, 7) is 4.09. The molecule has 1 N–H and O–H groups in total. The van der Waals surface area contributed by atoms with Crippen molar-refractivity contribution >= 4 is 23.3 Å². The highest BCUT2D eigenvalue weighted by Gasteiger charge is 2.15. The molecule has 0 fully saturated rings. The molecule has 0 radical (unpaired) electrons. The summed E-state index contributed by atoms with van der Waals surface area (Å²) in [7, 11) is 1.86. The van der Waals surface area contributed by atoms with Gasteiger partial charge in [0.25, 0.3) is 0 Å². The van der Waals surface area contributed by atoms with Crippen molar-refractivity contribution in [3.63, 3.8) is 0 Å². The highest BCUT2D eigenvalue weighted by Crippen LogP contribution is 2.24. The van der Waals surface area contributed by atoms with Gasteiger partial charge < -0.3 is 4.57 Å². The Bertz CT molecular complexity index is 894. The minimum absolute atomic E-state index is 0.325. The van der Waals surface area contributed by atoms with E-state index in [9.17, 15) is 4.79 Å². The van der Waals surface area contributed by atoms with Gasteiger partial charge in [-0.2, -0.15) is 4.98 Å². The molecule has 0 aromatic heterocycles. The van der Waals surface area contributed by atoms with E-state index in [1.165, 1.54) is 11.1 Å². The molecule has 2 heterocycles. The zero-order chi connectivity index (χ0) is 13.7. The minimum Gasteiger partial charge on any atom is -0.326 e. The van der Waals surface area contributed by atoms with E-state index in [4.69, 9.17) is 12.2 Å². The fourth-order valence-corrected chi connectivity index (χ4v) is 2.37. The van der Waals surface area contributed by atoms with Crippen molar-refractivity contribution in [2.75, 3.05) is 0 Å². The summed E-state index contributed by atoms with van der Waals surface area (Å²) in [5, 5.41) is 0. The molecule has 0 bridgehead atoms. The number of aryl methyl sites for hydroxylation is 3. The van der Waals surface area contributed by atoms with Gasteiger partial charge in [-0.1, -0.05) is 12.2 Å². The lowest BCUT2D eigenvalue weighted by atomic mass is 10.1. The van der Waals surface area contributed by atoms with Gasteiger partial charge in [0, 0.05) is 7.05 Å². The maximum absolute atomic E-state index is 11.4. The molecule has 6 heteroatoms. The Morgan fingerprint density at radius 1 is 1.21 bits per heavy atom. The fourth-order valence-electron chi connectivity index (χ4n) is 2.15. The molecule has 19 heavy (non-hydrogen) atoms. The second kappa shape index (κ2) is 3.96. The number of benzene rings is 1. The fraction of sp³-hybridized carbons (Fsp3) is 0.231. The second-order valence-electron chi connectivity index (χ2n) is 4.64. The molecule has 0 saturated carbocycles. The molecule has 0 saturated heterocycles. The van der Waals surface area contributed by atoms with E-state index in [1.807, 2.05) is 37.6 Å². The topological polar surface area (TPSA) is 63.6 Å². The Morgan fingerprint density at radius 2 is 1.89 bits per heavy atom. The molecule has 2 aliphatic heterocycles. The predicted molar refractivity (Wildman–Crippen MR) is 76.1 cm³/mol. The van der Waals surface area contributed by atoms with Gasteiger partial charge in [0.05, 0.1) is 11.0 Å². The number of aromatic nitrogens is 4. The maximum Gasteiger partial charge on any atom is 0.348 e. The van der Waals surface area contributed by atoms with E-state index in [1.54, 1.807) is 0 Å². The van der Waals surface area contributed by atoms with Gasteiger partial charge in [-0.25, -0.2) is 9.78 Å². The van der Waals surface area contributed by atoms with Crippen molar-refractivity contribution in [2.24, 2.45) is 7.05 Å². The van der Waals surface area contributed by atoms with E-state index in [0.29, 0.717) is 16.2 Å². The summed E-state index contributed by atoms with van der Waals surface area (Å²) in [6.07, 6.45) is 0. The number of hydrogen-bond acceptors (Lipinski definition) is 4. The zero-order valence-corrected chi connectivity index (χ0v) is 11.6. The Balaban J connectivity index is 2.60. The number of aromatic amines is 1. The summed E-state index contributed by atoms with van der Waals surface area (Å²) in [6, 6.07) is 4.06. The first-order chi connectivity index (χ1) is 8.97. The van der Waals surface area contributed by atoms with Crippen LogP contribution in [0.5, 0.6) is 0 Å². The summed E-state index contributed by atoms with van der Waals surface area (Å²) < 4.78 is 2.18. The lowest BCUT2D eigenvalue weighted by Gasteiger charge is -2.14. The third-order valence-electron chi connectivity index (χ3n) is 3.36. The summed E-state index contributed by atoms with van der Waals surface area (Å²) in [4.78, 5) is 22.4. The van der Waals surface area contributed by atoms with Crippen LogP contribution in [-0.2, 0) is 7.05 Å². The predicted octanol–water partition coefficient (Wildman–Crippen LogP) is 2.11. The summed E-state index contributed by atoms with van der Waals surface area (Å²) >= 11 is 5.15. The van der Waals surface area contributed by atoms with Gasteiger partial charge in [0.15, 0.2) is 5.82 Å². The van der Waals surface area contributed by atoms with Crippen molar-refractivity contribution in [1.82, 2.24) is 19.5 Å². The molecule has 1 aromatic rings. The van der Waals surface area contributed by atoms with Gasteiger partial charge in [-0.3, -0.25) is 4.98 Å². The first kappa shape index (κ1) is 12.0. The molecular weight excluding hydrogens is 260 g/mol. The molecular formula is C13H12N4OS. The van der Waals surface area contributed by atoms with Crippen LogP contribution in [0, 0.1) is 18.5 Å². The van der Waals surface area contributed by atoms with Crippen molar-refractivity contribution in [3.8, 4) is 11.5 Å². The van der Waals surface area contributed by atoms with Crippen LogP contribution in [0.15, 0.2) is 16.9 Å². The first-order valence-electron chi connectivity index (χ1n) is 5.85. The maximum atomic E-state index is 11.4. The van der Waals surface area contributed by atoms with E-state index in [0.717, 1.165) is 11.0 Å². The molecule has 0 unspecified atom stereocenters. The Kier molecular flexibility index (Phi) is 2.50. The first-order valence-corrected chi connectivity index (χ1v) is 6.26. The monoisotopic (exact) mass is 272 g/mol. The number of nitrogens with zero attached hydrogens (tertiary/aromatic N) is 3. The Hall–Kier alpha value is -2.08. The average molecular weight is 272 g/mol. The molecule has 2 aliphatic rings. The Labute approximate surface area is 114 Å². The number of nitrogens with one attached hydrogen (secondary N) is 1. The zero-order valence-electron chi connectivity index (χ0n) is 10.8. The minimum atomic E-state index is -0.446. The van der Waals surface area contributed by atoms with E-state index in [-0.39, 0.29) is 0 Å². The van der Waals surface area contributed by atoms with Crippen LogP contribution < -0.4 is 5.69 Å². The van der Waals surface area contributed by atoms with Gasteiger partial charge in [0.1, 0.15) is 10.3 Å². The number of fused-ring (bicyclic) bond motifs is 2. The number of rotatable bonds is 0. The second-order valence-corrected chi connectivity index (χ2v) is 5.05. The van der Waals surface area contributed by atoms with Crippen LogP contribution in [0.4, 0.5) is 0 Å². The smallest absolute Gasteiger partial charge is 0.326 e. The lowest BCUT2D eigenvalue weighted by molar-refractivity contribution is 0.877. The van der Waals surface area contributed by atoms with Crippen molar-refractivity contribution < 1.29 is 0 Å².